The predicted molar refractivity (Wildman–Crippen MR) is 94.6 cm³/mol. The molecule has 0 saturated carbocycles. The average Bonchev–Trinajstić information content (AvgIpc) is 2.61. The van der Waals surface area contributed by atoms with Crippen molar-refractivity contribution >= 4 is 11.7 Å². The maximum atomic E-state index is 11.6. The van der Waals surface area contributed by atoms with Crippen LogP contribution in [0, 0.1) is 0 Å². The van der Waals surface area contributed by atoms with E-state index in [1.54, 1.807) is 0 Å². The molecule has 1 N–H and O–H groups in total. The number of amides is 1. The molecule has 0 unspecified atom stereocenters. The van der Waals surface area contributed by atoms with E-state index >= 15 is 0 Å². The maximum Gasteiger partial charge on any atom is 0.222 e. The van der Waals surface area contributed by atoms with Crippen LogP contribution in [0.15, 0.2) is 54.6 Å². The molecule has 118 valence electrons. The van der Waals surface area contributed by atoms with E-state index in [2.05, 4.69) is 23.5 Å². The third-order valence-electron chi connectivity index (χ3n) is 4.21. The van der Waals surface area contributed by atoms with Crippen LogP contribution in [0.5, 0.6) is 0 Å². The van der Waals surface area contributed by atoms with Gasteiger partial charge in [0.05, 0.1) is 11.4 Å². The maximum absolute atomic E-state index is 11.6. The Morgan fingerprint density at radius 2 is 1.67 bits per heavy atom. The average molecular weight is 315 g/mol. The highest BCUT2D eigenvalue weighted by Crippen LogP contribution is 2.35. The van der Waals surface area contributed by atoms with Gasteiger partial charge in [-0.2, -0.15) is 0 Å². The Morgan fingerprint density at radius 3 is 2.46 bits per heavy atom. The van der Waals surface area contributed by atoms with E-state index in [4.69, 9.17) is 9.97 Å². The Balaban J connectivity index is 1.94. The van der Waals surface area contributed by atoms with Crippen LogP contribution in [-0.4, -0.2) is 15.9 Å². The van der Waals surface area contributed by atoms with Gasteiger partial charge in [0.15, 0.2) is 5.82 Å². The lowest BCUT2D eigenvalue weighted by atomic mass is 9.91. The van der Waals surface area contributed by atoms with Gasteiger partial charge >= 0.3 is 0 Å². The normalized spacial score (nSPS) is 12.2. The minimum absolute atomic E-state index is 0.141. The van der Waals surface area contributed by atoms with Crippen molar-refractivity contribution in [2.24, 2.45) is 0 Å². The van der Waals surface area contributed by atoms with Crippen LogP contribution in [0.3, 0.4) is 0 Å². The van der Waals surface area contributed by atoms with Gasteiger partial charge in [0.2, 0.25) is 5.91 Å². The summed E-state index contributed by atoms with van der Waals surface area (Å²) in [5.74, 6) is 0.393. The zero-order valence-electron chi connectivity index (χ0n) is 13.4. The van der Waals surface area contributed by atoms with E-state index in [-0.39, 0.29) is 5.91 Å². The second-order valence-corrected chi connectivity index (χ2v) is 5.92. The lowest BCUT2D eigenvalue weighted by Gasteiger charge is -2.20. The molecule has 24 heavy (non-hydrogen) atoms. The molecule has 0 atom stereocenters. The number of fused-ring (bicyclic) bond motifs is 3. The number of hydrogen-bond donors (Lipinski definition) is 1. The van der Waals surface area contributed by atoms with E-state index in [0.717, 1.165) is 35.4 Å². The van der Waals surface area contributed by atoms with Gasteiger partial charge in [-0.25, -0.2) is 9.97 Å². The van der Waals surface area contributed by atoms with Gasteiger partial charge in [-0.1, -0.05) is 54.6 Å². The molecular weight excluding hydrogens is 298 g/mol. The SMILES string of the molecule is CC(=O)Nc1nc2c(nc1-c1ccccc1)-c1ccccc1CC2. The monoisotopic (exact) mass is 315 g/mol. The van der Waals surface area contributed by atoms with Crippen LogP contribution in [-0.2, 0) is 17.6 Å². The molecule has 0 saturated heterocycles. The lowest BCUT2D eigenvalue weighted by Crippen LogP contribution is -2.15. The highest BCUT2D eigenvalue weighted by atomic mass is 16.1. The molecule has 4 heteroatoms. The summed E-state index contributed by atoms with van der Waals surface area (Å²) in [4.78, 5) is 21.2. The number of nitrogens with one attached hydrogen (secondary N) is 1. The molecule has 0 bridgehead atoms. The van der Waals surface area contributed by atoms with Crippen molar-refractivity contribution in [3.63, 3.8) is 0 Å². The van der Waals surface area contributed by atoms with Gasteiger partial charge in [0, 0.05) is 18.1 Å². The number of hydrogen-bond acceptors (Lipinski definition) is 3. The van der Waals surface area contributed by atoms with Gasteiger partial charge in [0.1, 0.15) is 5.69 Å². The van der Waals surface area contributed by atoms with Crippen molar-refractivity contribution in [2.45, 2.75) is 19.8 Å². The minimum Gasteiger partial charge on any atom is -0.309 e. The second-order valence-electron chi connectivity index (χ2n) is 5.92. The van der Waals surface area contributed by atoms with Crippen molar-refractivity contribution in [3.05, 3.63) is 65.9 Å². The third kappa shape index (κ3) is 2.56. The van der Waals surface area contributed by atoms with Crippen molar-refractivity contribution in [3.8, 4) is 22.5 Å². The lowest BCUT2D eigenvalue weighted by molar-refractivity contribution is -0.114. The van der Waals surface area contributed by atoms with Crippen molar-refractivity contribution < 1.29 is 4.79 Å². The number of aryl methyl sites for hydroxylation is 2. The number of anilines is 1. The number of benzene rings is 2. The van der Waals surface area contributed by atoms with E-state index in [9.17, 15) is 4.79 Å². The summed E-state index contributed by atoms with van der Waals surface area (Å²) in [7, 11) is 0. The van der Waals surface area contributed by atoms with Gasteiger partial charge in [-0.3, -0.25) is 4.79 Å². The Kier molecular flexibility index (Phi) is 3.58. The fraction of sp³-hybridized carbons (Fsp3) is 0.150. The topological polar surface area (TPSA) is 54.9 Å². The van der Waals surface area contributed by atoms with Crippen LogP contribution in [0.1, 0.15) is 18.2 Å². The van der Waals surface area contributed by atoms with Crippen LogP contribution in [0.4, 0.5) is 5.82 Å². The molecule has 1 aliphatic rings. The number of aromatic nitrogens is 2. The zero-order chi connectivity index (χ0) is 16.5. The first-order valence-corrected chi connectivity index (χ1v) is 8.04. The van der Waals surface area contributed by atoms with E-state index in [0.29, 0.717) is 11.5 Å². The van der Waals surface area contributed by atoms with Crippen LogP contribution in [0.25, 0.3) is 22.5 Å². The molecule has 4 rings (SSSR count). The summed E-state index contributed by atoms with van der Waals surface area (Å²) in [6, 6.07) is 18.2. The highest BCUT2D eigenvalue weighted by molar-refractivity contribution is 5.92. The smallest absolute Gasteiger partial charge is 0.222 e. The zero-order valence-corrected chi connectivity index (χ0v) is 13.4. The molecule has 1 aromatic heterocycles. The number of nitrogens with zero attached hydrogens (tertiary/aromatic N) is 2. The van der Waals surface area contributed by atoms with E-state index < -0.39 is 0 Å². The Hall–Kier alpha value is -3.01. The van der Waals surface area contributed by atoms with Crippen molar-refractivity contribution in [2.75, 3.05) is 5.32 Å². The van der Waals surface area contributed by atoms with E-state index in [1.807, 2.05) is 36.4 Å². The van der Waals surface area contributed by atoms with Crippen LogP contribution >= 0.6 is 0 Å². The van der Waals surface area contributed by atoms with Crippen LogP contribution in [0.2, 0.25) is 0 Å². The standard InChI is InChI=1S/C20H17N3O/c1-13(24)21-20-18(15-8-3-2-4-9-15)23-19-16-10-6-5-7-14(16)11-12-17(19)22-20/h2-10H,11-12H2,1H3,(H,21,22,24). The van der Waals surface area contributed by atoms with Gasteiger partial charge in [-0.15, -0.1) is 0 Å². The molecule has 4 nitrogen and oxygen atoms in total. The third-order valence-corrected chi connectivity index (χ3v) is 4.21. The molecule has 0 spiro atoms. The Labute approximate surface area is 140 Å². The molecule has 0 aliphatic heterocycles. The number of carbonyl (C=O) groups is 1. The first-order valence-electron chi connectivity index (χ1n) is 8.04. The molecular formula is C20H17N3O. The molecule has 3 aromatic rings. The van der Waals surface area contributed by atoms with Gasteiger partial charge in [-0.05, 0) is 18.4 Å². The molecule has 1 aliphatic carbocycles. The van der Waals surface area contributed by atoms with E-state index in [1.165, 1.54) is 12.5 Å². The molecule has 0 radical (unpaired) electrons. The quantitative estimate of drug-likeness (QED) is 0.781. The van der Waals surface area contributed by atoms with Gasteiger partial charge in [0.25, 0.3) is 0 Å². The van der Waals surface area contributed by atoms with Crippen molar-refractivity contribution in [1.29, 1.82) is 0 Å². The summed E-state index contributed by atoms with van der Waals surface area (Å²) >= 11 is 0. The number of carbonyl (C=O) groups excluding carboxylic acids is 1. The Bertz CT molecular complexity index is 919. The summed E-state index contributed by atoms with van der Waals surface area (Å²) in [5, 5.41) is 2.83. The Morgan fingerprint density at radius 1 is 0.917 bits per heavy atom. The fourth-order valence-electron chi connectivity index (χ4n) is 3.13. The minimum atomic E-state index is -0.141. The van der Waals surface area contributed by atoms with Crippen LogP contribution < -0.4 is 5.32 Å². The molecule has 2 aromatic carbocycles. The first-order chi connectivity index (χ1) is 11.7. The molecule has 0 fully saturated rings. The fourth-order valence-corrected chi connectivity index (χ4v) is 3.13. The van der Waals surface area contributed by atoms with Crippen molar-refractivity contribution in [1.82, 2.24) is 9.97 Å². The predicted octanol–water partition coefficient (Wildman–Crippen LogP) is 3.87. The first kappa shape index (κ1) is 14.6. The summed E-state index contributed by atoms with van der Waals surface area (Å²) in [6.45, 7) is 1.49. The highest BCUT2D eigenvalue weighted by Gasteiger charge is 2.22. The summed E-state index contributed by atoms with van der Waals surface area (Å²) < 4.78 is 0. The molecule has 1 amide bonds. The summed E-state index contributed by atoms with van der Waals surface area (Å²) in [6.07, 6.45) is 1.78. The largest absolute Gasteiger partial charge is 0.309 e. The number of rotatable bonds is 2. The van der Waals surface area contributed by atoms with Gasteiger partial charge < -0.3 is 5.32 Å². The summed E-state index contributed by atoms with van der Waals surface area (Å²) in [5.41, 5.74) is 5.95. The molecule has 1 heterocycles. The second kappa shape index (κ2) is 5.89.